The lowest BCUT2D eigenvalue weighted by Gasteiger charge is -2.18. The van der Waals surface area contributed by atoms with E-state index in [1.807, 2.05) is 0 Å². The molecule has 0 radical (unpaired) electrons. The Hall–Kier alpha value is -0.730. The van der Waals surface area contributed by atoms with Crippen LogP contribution in [0.1, 0.15) is 5.56 Å². The largest absolute Gasteiger partial charge is 0.383 e. The number of methoxy groups -OCH3 is 1. The Bertz CT molecular complexity index is 566. The van der Waals surface area contributed by atoms with E-state index in [9.17, 15) is 12.8 Å². The topological polar surface area (TPSA) is 58.6 Å². The highest BCUT2D eigenvalue weighted by molar-refractivity contribution is 7.89. The number of nitrogens with one attached hydrogen (secondary N) is 1. The molecule has 0 saturated heterocycles. The first-order valence-electron chi connectivity index (χ1n) is 5.92. The molecule has 20 heavy (non-hydrogen) atoms. The summed E-state index contributed by atoms with van der Waals surface area (Å²) in [7, 11) is 0.797. The van der Waals surface area contributed by atoms with Crippen molar-refractivity contribution in [2.45, 2.75) is 11.4 Å². The molecule has 5 nitrogen and oxygen atoms in total. The van der Waals surface area contributed by atoms with E-state index in [4.69, 9.17) is 16.3 Å². The third kappa shape index (κ3) is 3.89. The minimum atomic E-state index is -3.76. The Morgan fingerprint density at radius 2 is 2.10 bits per heavy atom. The fourth-order valence-corrected chi connectivity index (χ4v) is 3.00. The summed E-state index contributed by atoms with van der Waals surface area (Å²) in [6.07, 6.45) is 0. The van der Waals surface area contributed by atoms with Gasteiger partial charge in [0.05, 0.1) is 16.5 Å². The number of hydrogen-bond donors (Lipinski definition) is 1. The predicted octanol–water partition coefficient (Wildman–Crippen LogP) is 1.47. The van der Waals surface area contributed by atoms with Gasteiger partial charge >= 0.3 is 0 Å². The highest BCUT2D eigenvalue weighted by atomic mass is 35.5. The van der Waals surface area contributed by atoms with Crippen LogP contribution >= 0.6 is 11.6 Å². The average Bonchev–Trinajstić information content (AvgIpc) is 2.40. The molecule has 1 rings (SSSR count). The number of benzene rings is 1. The third-order valence-electron chi connectivity index (χ3n) is 2.76. The van der Waals surface area contributed by atoms with Crippen LogP contribution in [0.2, 0.25) is 5.02 Å². The molecule has 0 aliphatic heterocycles. The van der Waals surface area contributed by atoms with Gasteiger partial charge < -0.3 is 10.1 Å². The first-order valence-corrected chi connectivity index (χ1v) is 7.74. The minimum Gasteiger partial charge on any atom is -0.383 e. The van der Waals surface area contributed by atoms with E-state index >= 15 is 0 Å². The molecule has 1 aromatic rings. The van der Waals surface area contributed by atoms with E-state index in [1.165, 1.54) is 20.2 Å². The van der Waals surface area contributed by atoms with Crippen LogP contribution in [0.3, 0.4) is 0 Å². The van der Waals surface area contributed by atoms with Crippen LogP contribution in [0.4, 0.5) is 4.39 Å². The molecule has 0 unspecified atom stereocenters. The second kappa shape index (κ2) is 7.33. The van der Waals surface area contributed by atoms with Crippen molar-refractivity contribution in [2.75, 3.05) is 34.4 Å². The quantitative estimate of drug-likeness (QED) is 0.825. The summed E-state index contributed by atoms with van der Waals surface area (Å²) in [6.45, 7) is 0.723. The molecular formula is C12H18ClFN2O3S. The van der Waals surface area contributed by atoms with Crippen LogP contribution in [-0.2, 0) is 21.3 Å². The zero-order valence-corrected chi connectivity index (χ0v) is 13.2. The number of ether oxygens (including phenoxy) is 1. The highest BCUT2D eigenvalue weighted by Crippen LogP contribution is 2.25. The first-order chi connectivity index (χ1) is 9.34. The molecule has 0 aromatic heterocycles. The smallest absolute Gasteiger partial charge is 0.243 e. The lowest BCUT2D eigenvalue weighted by molar-refractivity contribution is 0.185. The van der Waals surface area contributed by atoms with Gasteiger partial charge in [0.2, 0.25) is 10.0 Å². The molecule has 0 atom stereocenters. The van der Waals surface area contributed by atoms with Crippen LogP contribution in [0.5, 0.6) is 0 Å². The molecule has 0 aliphatic rings. The van der Waals surface area contributed by atoms with Crippen molar-refractivity contribution in [2.24, 2.45) is 0 Å². The van der Waals surface area contributed by atoms with Gasteiger partial charge in [-0.05, 0) is 24.7 Å². The first kappa shape index (κ1) is 17.3. The van der Waals surface area contributed by atoms with Gasteiger partial charge in [-0.3, -0.25) is 0 Å². The van der Waals surface area contributed by atoms with E-state index in [-0.39, 0.29) is 29.6 Å². The van der Waals surface area contributed by atoms with Crippen molar-refractivity contribution >= 4 is 21.6 Å². The van der Waals surface area contributed by atoms with Crippen molar-refractivity contribution in [3.8, 4) is 0 Å². The third-order valence-corrected chi connectivity index (χ3v) is 5.02. The Morgan fingerprint density at radius 1 is 1.45 bits per heavy atom. The Balaban J connectivity index is 3.18. The van der Waals surface area contributed by atoms with Crippen LogP contribution in [0, 0.1) is 5.82 Å². The molecular weight excluding hydrogens is 307 g/mol. The second-order valence-corrected chi connectivity index (χ2v) is 6.65. The molecule has 8 heteroatoms. The Kier molecular flexibility index (Phi) is 6.35. The van der Waals surface area contributed by atoms with Crippen LogP contribution in [0.15, 0.2) is 17.0 Å². The van der Waals surface area contributed by atoms with Gasteiger partial charge in [-0.1, -0.05) is 11.6 Å². The monoisotopic (exact) mass is 324 g/mol. The summed E-state index contributed by atoms with van der Waals surface area (Å²) >= 11 is 5.81. The van der Waals surface area contributed by atoms with Crippen molar-refractivity contribution in [3.05, 3.63) is 28.5 Å². The summed E-state index contributed by atoms with van der Waals surface area (Å²) in [5.74, 6) is -0.752. The fourth-order valence-electron chi connectivity index (χ4n) is 1.61. The van der Waals surface area contributed by atoms with E-state index in [0.29, 0.717) is 5.56 Å². The molecule has 0 fully saturated rings. The van der Waals surface area contributed by atoms with E-state index in [1.54, 1.807) is 7.05 Å². The van der Waals surface area contributed by atoms with Crippen molar-refractivity contribution in [3.63, 3.8) is 0 Å². The standard InChI is InChI=1S/C12H18ClFN2O3S/c1-15-8-9-6-10(7-11(14)12(9)13)20(17,18)16(2)4-5-19-3/h6-7,15H,4-5,8H2,1-3H3. The number of sulfonamides is 1. The fraction of sp³-hybridized carbons (Fsp3) is 0.500. The van der Waals surface area contributed by atoms with Gasteiger partial charge in [0.25, 0.3) is 0 Å². The van der Waals surface area contributed by atoms with Gasteiger partial charge in [-0.2, -0.15) is 4.31 Å². The normalized spacial score (nSPS) is 12.1. The summed E-state index contributed by atoms with van der Waals surface area (Å²) < 4.78 is 44.3. The second-order valence-electron chi connectivity index (χ2n) is 4.23. The maximum atomic E-state index is 13.7. The highest BCUT2D eigenvalue weighted by Gasteiger charge is 2.23. The van der Waals surface area contributed by atoms with Crippen LogP contribution in [0.25, 0.3) is 0 Å². The lowest BCUT2D eigenvalue weighted by Crippen LogP contribution is -2.30. The molecule has 0 saturated carbocycles. The summed E-state index contributed by atoms with van der Waals surface area (Å²) in [4.78, 5) is -0.122. The molecule has 0 spiro atoms. The van der Waals surface area contributed by atoms with Gasteiger partial charge in [0.1, 0.15) is 5.82 Å². The van der Waals surface area contributed by atoms with Gasteiger partial charge in [0, 0.05) is 27.2 Å². The van der Waals surface area contributed by atoms with Crippen molar-refractivity contribution in [1.29, 1.82) is 0 Å². The summed E-state index contributed by atoms with van der Waals surface area (Å²) in [5.41, 5.74) is 0.396. The molecule has 0 bridgehead atoms. The SMILES string of the molecule is CNCc1cc(S(=O)(=O)N(C)CCOC)cc(F)c1Cl. The molecule has 0 amide bonds. The Labute approximate surface area is 123 Å². The van der Waals surface area contributed by atoms with Crippen molar-refractivity contribution < 1.29 is 17.5 Å². The van der Waals surface area contributed by atoms with E-state index in [0.717, 1.165) is 10.4 Å². The molecule has 0 aliphatic carbocycles. The minimum absolute atomic E-state index is 0.0714. The van der Waals surface area contributed by atoms with Gasteiger partial charge in [0.15, 0.2) is 0 Å². The molecule has 1 aromatic carbocycles. The summed E-state index contributed by atoms with van der Waals surface area (Å²) in [6, 6.07) is 2.31. The van der Waals surface area contributed by atoms with E-state index in [2.05, 4.69) is 5.32 Å². The molecule has 0 heterocycles. The van der Waals surface area contributed by atoms with Crippen LogP contribution in [-0.4, -0.2) is 47.1 Å². The van der Waals surface area contributed by atoms with Crippen LogP contribution < -0.4 is 5.32 Å². The Morgan fingerprint density at radius 3 is 2.65 bits per heavy atom. The maximum Gasteiger partial charge on any atom is 0.243 e. The molecule has 114 valence electrons. The zero-order valence-electron chi connectivity index (χ0n) is 11.6. The number of hydrogen-bond acceptors (Lipinski definition) is 4. The number of nitrogens with zero attached hydrogens (tertiary/aromatic N) is 1. The molecule has 1 N–H and O–H groups in total. The van der Waals surface area contributed by atoms with Crippen molar-refractivity contribution in [1.82, 2.24) is 9.62 Å². The number of likely N-dealkylation sites (N-methyl/N-ethyl adjacent to an activating group) is 1. The zero-order chi connectivity index (χ0) is 15.3. The predicted molar refractivity (Wildman–Crippen MR) is 75.9 cm³/mol. The summed E-state index contributed by atoms with van der Waals surface area (Å²) in [5, 5.41) is 2.74. The van der Waals surface area contributed by atoms with Gasteiger partial charge in [-0.15, -0.1) is 0 Å². The lowest BCUT2D eigenvalue weighted by atomic mass is 10.2. The number of halogens is 2. The van der Waals surface area contributed by atoms with E-state index < -0.39 is 15.8 Å². The number of rotatable bonds is 7. The van der Waals surface area contributed by atoms with Gasteiger partial charge in [-0.25, -0.2) is 12.8 Å². The average molecular weight is 325 g/mol. The maximum absolute atomic E-state index is 13.7.